The summed E-state index contributed by atoms with van der Waals surface area (Å²) < 4.78 is 0. The van der Waals surface area contributed by atoms with Crippen LogP contribution in [-0.2, 0) is 6.54 Å². The maximum absolute atomic E-state index is 12.6. The summed E-state index contributed by atoms with van der Waals surface area (Å²) in [7, 11) is 0. The Morgan fingerprint density at radius 2 is 1.72 bits per heavy atom. The number of hydrogen-bond acceptors (Lipinski definition) is 4. The van der Waals surface area contributed by atoms with Crippen LogP contribution in [0, 0.1) is 18.3 Å². The van der Waals surface area contributed by atoms with Crippen LogP contribution in [0.3, 0.4) is 0 Å². The van der Waals surface area contributed by atoms with Crippen molar-refractivity contribution in [2.75, 3.05) is 26.2 Å². The van der Waals surface area contributed by atoms with Crippen LogP contribution in [-0.4, -0.2) is 41.9 Å². The Hall–Kier alpha value is -2.94. The van der Waals surface area contributed by atoms with Crippen LogP contribution in [0.1, 0.15) is 25.7 Å². The molecule has 4 nitrogen and oxygen atoms in total. The maximum atomic E-state index is 12.6. The SMILES string of the molecule is Cc1ccc(C(=O)N2CCN(Cc3ccc(-c4ccccc4C#N)cc3)CC2)s1. The third-order valence-corrected chi connectivity index (χ3v) is 6.32. The molecule has 0 N–H and O–H groups in total. The van der Waals surface area contributed by atoms with E-state index in [-0.39, 0.29) is 5.91 Å². The fourth-order valence-electron chi connectivity index (χ4n) is 3.69. The number of rotatable bonds is 4. The molecule has 0 saturated carbocycles. The number of piperazine rings is 1. The van der Waals surface area contributed by atoms with Gasteiger partial charge in [-0.1, -0.05) is 42.5 Å². The van der Waals surface area contributed by atoms with Gasteiger partial charge in [0.25, 0.3) is 5.91 Å². The molecule has 0 atom stereocenters. The van der Waals surface area contributed by atoms with Crippen LogP contribution in [0.5, 0.6) is 0 Å². The standard InChI is InChI=1S/C24H23N3OS/c1-18-6-11-23(29-18)24(28)27-14-12-26(13-15-27)17-19-7-9-20(10-8-19)22-5-3-2-4-21(22)16-25/h2-11H,12-15,17H2,1H3. The van der Waals surface area contributed by atoms with Crippen LogP contribution in [0.25, 0.3) is 11.1 Å². The van der Waals surface area contributed by atoms with Crippen LogP contribution in [0.15, 0.2) is 60.7 Å². The largest absolute Gasteiger partial charge is 0.335 e. The number of carbonyl (C=O) groups is 1. The van der Waals surface area contributed by atoms with Crippen molar-refractivity contribution in [2.24, 2.45) is 0 Å². The highest BCUT2D eigenvalue weighted by atomic mass is 32.1. The fraction of sp³-hybridized carbons (Fsp3) is 0.250. The van der Waals surface area contributed by atoms with Crippen molar-refractivity contribution in [3.05, 3.63) is 81.5 Å². The highest BCUT2D eigenvalue weighted by Gasteiger charge is 2.23. The number of thiophene rings is 1. The Morgan fingerprint density at radius 1 is 1.00 bits per heavy atom. The molecule has 0 aliphatic carbocycles. The van der Waals surface area contributed by atoms with E-state index in [9.17, 15) is 10.1 Å². The lowest BCUT2D eigenvalue weighted by molar-refractivity contribution is 0.0633. The van der Waals surface area contributed by atoms with Gasteiger partial charge >= 0.3 is 0 Å². The van der Waals surface area contributed by atoms with Gasteiger partial charge in [-0.25, -0.2) is 0 Å². The van der Waals surface area contributed by atoms with Crippen molar-refractivity contribution in [2.45, 2.75) is 13.5 Å². The van der Waals surface area contributed by atoms with Crippen molar-refractivity contribution < 1.29 is 4.79 Å². The molecule has 1 saturated heterocycles. The van der Waals surface area contributed by atoms with E-state index >= 15 is 0 Å². The predicted octanol–water partition coefficient (Wildman–Crippen LogP) is 4.55. The van der Waals surface area contributed by atoms with Crippen LogP contribution < -0.4 is 0 Å². The molecule has 146 valence electrons. The van der Waals surface area contributed by atoms with Crippen LogP contribution >= 0.6 is 11.3 Å². The van der Waals surface area contributed by atoms with Gasteiger partial charge in [0.05, 0.1) is 16.5 Å². The smallest absolute Gasteiger partial charge is 0.264 e. The van der Waals surface area contributed by atoms with Gasteiger partial charge in [0.15, 0.2) is 0 Å². The van der Waals surface area contributed by atoms with Crippen molar-refractivity contribution >= 4 is 17.2 Å². The topological polar surface area (TPSA) is 47.3 Å². The van der Waals surface area contributed by atoms with Crippen molar-refractivity contribution in [1.82, 2.24) is 9.80 Å². The van der Waals surface area contributed by atoms with Crippen molar-refractivity contribution in [3.63, 3.8) is 0 Å². The van der Waals surface area contributed by atoms with Gasteiger partial charge in [-0.2, -0.15) is 5.26 Å². The molecule has 29 heavy (non-hydrogen) atoms. The Balaban J connectivity index is 1.35. The molecule has 1 amide bonds. The highest BCUT2D eigenvalue weighted by Crippen LogP contribution is 2.24. The lowest BCUT2D eigenvalue weighted by Crippen LogP contribution is -2.48. The third kappa shape index (κ3) is 4.40. The first-order chi connectivity index (χ1) is 14.1. The summed E-state index contributed by atoms with van der Waals surface area (Å²) in [5.41, 5.74) is 3.98. The number of aryl methyl sites for hydroxylation is 1. The molecule has 2 heterocycles. The van der Waals surface area contributed by atoms with Gasteiger partial charge in [0.1, 0.15) is 0 Å². The Bertz CT molecular complexity index is 1040. The van der Waals surface area contributed by atoms with E-state index in [1.807, 2.05) is 48.2 Å². The molecule has 5 heteroatoms. The first-order valence-corrected chi connectivity index (χ1v) is 10.6. The highest BCUT2D eigenvalue weighted by molar-refractivity contribution is 7.13. The molecule has 1 fully saturated rings. The third-order valence-electron chi connectivity index (χ3n) is 5.33. The number of benzene rings is 2. The van der Waals surface area contributed by atoms with Crippen LogP contribution in [0.4, 0.5) is 0 Å². The number of amides is 1. The summed E-state index contributed by atoms with van der Waals surface area (Å²) in [5, 5.41) is 9.30. The second-order valence-corrected chi connectivity index (χ2v) is 8.62. The van der Waals surface area contributed by atoms with Gasteiger partial charge in [-0.3, -0.25) is 9.69 Å². The predicted molar refractivity (Wildman–Crippen MR) is 117 cm³/mol. The number of nitrogens with zero attached hydrogens (tertiary/aromatic N) is 3. The molecule has 1 aliphatic rings. The van der Waals surface area contributed by atoms with E-state index in [1.165, 1.54) is 10.4 Å². The van der Waals surface area contributed by atoms with Crippen LogP contribution in [0.2, 0.25) is 0 Å². The Kier molecular flexibility index (Phi) is 5.75. The molecular weight excluding hydrogens is 378 g/mol. The zero-order valence-electron chi connectivity index (χ0n) is 16.5. The maximum Gasteiger partial charge on any atom is 0.264 e. The summed E-state index contributed by atoms with van der Waals surface area (Å²) in [5.74, 6) is 0.156. The molecule has 0 radical (unpaired) electrons. The van der Waals surface area contributed by atoms with Gasteiger partial charge in [0.2, 0.25) is 0 Å². The average Bonchev–Trinajstić information content (AvgIpc) is 3.20. The molecular formula is C24H23N3OS. The average molecular weight is 402 g/mol. The van der Waals surface area contributed by atoms with Gasteiger partial charge in [-0.15, -0.1) is 11.3 Å². The summed E-state index contributed by atoms with van der Waals surface area (Å²) in [4.78, 5) is 19.0. The Morgan fingerprint density at radius 3 is 2.38 bits per heavy atom. The summed E-state index contributed by atoms with van der Waals surface area (Å²) in [6.45, 7) is 6.21. The molecule has 1 aromatic heterocycles. The summed E-state index contributed by atoms with van der Waals surface area (Å²) >= 11 is 1.57. The molecule has 2 aromatic carbocycles. The fourth-order valence-corrected chi connectivity index (χ4v) is 4.53. The van der Waals surface area contributed by atoms with E-state index in [2.05, 4.69) is 35.2 Å². The minimum Gasteiger partial charge on any atom is -0.335 e. The summed E-state index contributed by atoms with van der Waals surface area (Å²) in [6, 6.07) is 22.3. The number of hydrogen-bond donors (Lipinski definition) is 0. The van der Waals surface area contributed by atoms with Crippen molar-refractivity contribution in [1.29, 1.82) is 5.26 Å². The quantitative estimate of drug-likeness (QED) is 0.644. The molecule has 3 aromatic rings. The zero-order valence-corrected chi connectivity index (χ0v) is 17.3. The molecule has 0 spiro atoms. The minimum absolute atomic E-state index is 0.156. The number of nitriles is 1. The minimum atomic E-state index is 0.156. The molecule has 0 bridgehead atoms. The normalized spacial score (nSPS) is 14.6. The second kappa shape index (κ2) is 8.60. The molecule has 0 unspecified atom stereocenters. The lowest BCUT2D eigenvalue weighted by atomic mass is 9.99. The lowest BCUT2D eigenvalue weighted by Gasteiger charge is -2.34. The van der Waals surface area contributed by atoms with Gasteiger partial charge in [-0.05, 0) is 41.8 Å². The number of carbonyl (C=O) groups excluding carboxylic acids is 1. The van der Waals surface area contributed by atoms with Gasteiger partial charge in [0, 0.05) is 37.6 Å². The van der Waals surface area contributed by atoms with E-state index in [4.69, 9.17) is 0 Å². The first kappa shape index (κ1) is 19.4. The van der Waals surface area contributed by atoms with Crippen molar-refractivity contribution in [3.8, 4) is 17.2 Å². The van der Waals surface area contributed by atoms with E-state index in [0.717, 1.165) is 48.7 Å². The first-order valence-electron chi connectivity index (χ1n) is 9.80. The van der Waals surface area contributed by atoms with Gasteiger partial charge < -0.3 is 4.90 Å². The summed E-state index contributed by atoms with van der Waals surface area (Å²) in [6.07, 6.45) is 0. The van der Waals surface area contributed by atoms with E-state index in [0.29, 0.717) is 5.56 Å². The monoisotopic (exact) mass is 401 g/mol. The Labute approximate surface area is 175 Å². The van der Waals surface area contributed by atoms with E-state index in [1.54, 1.807) is 11.3 Å². The molecule has 4 rings (SSSR count). The zero-order chi connectivity index (χ0) is 20.2. The molecule has 1 aliphatic heterocycles. The van der Waals surface area contributed by atoms with E-state index < -0.39 is 0 Å². The second-order valence-electron chi connectivity index (χ2n) is 7.33.